The van der Waals surface area contributed by atoms with Gasteiger partial charge >= 0.3 is 0 Å². The molecule has 104 valence electrons. The predicted molar refractivity (Wildman–Crippen MR) is 85.1 cm³/mol. The van der Waals surface area contributed by atoms with Crippen molar-refractivity contribution >= 4 is 44.4 Å². The van der Waals surface area contributed by atoms with Gasteiger partial charge < -0.3 is 4.74 Å². The van der Waals surface area contributed by atoms with Crippen molar-refractivity contribution in [3.63, 3.8) is 0 Å². The highest BCUT2D eigenvalue weighted by atomic mass is 79.9. The molecule has 0 spiro atoms. The summed E-state index contributed by atoms with van der Waals surface area (Å²) in [4.78, 5) is 15.7. The topological polar surface area (TPSA) is 51.2 Å². The number of carbonyl (C=O) groups excluding carboxylic acids is 1. The Kier molecular flexibility index (Phi) is 5.31. The summed E-state index contributed by atoms with van der Waals surface area (Å²) in [5.41, 5.74) is 0.843. The number of nitrogens with one attached hydrogen (secondary N) is 1. The van der Waals surface area contributed by atoms with E-state index in [2.05, 4.69) is 26.2 Å². The Morgan fingerprint density at radius 1 is 1.55 bits per heavy atom. The molecule has 1 N–H and O–H groups in total. The van der Waals surface area contributed by atoms with Crippen LogP contribution in [0, 0.1) is 0 Å². The molecule has 0 aliphatic heterocycles. The van der Waals surface area contributed by atoms with Crippen LogP contribution in [0.2, 0.25) is 0 Å². The SMILES string of the molecule is CCOc1ccc(Br)cc1C=CC(=O)Nc1nccs1. The van der Waals surface area contributed by atoms with E-state index in [1.165, 1.54) is 17.4 Å². The number of hydrogen-bond acceptors (Lipinski definition) is 4. The number of ether oxygens (including phenoxy) is 1. The number of anilines is 1. The molecule has 1 heterocycles. The molecule has 0 unspecified atom stereocenters. The molecule has 4 nitrogen and oxygen atoms in total. The number of rotatable bonds is 5. The van der Waals surface area contributed by atoms with E-state index >= 15 is 0 Å². The zero-order valence-electron chi connectivity index (χ0n) is 10.8. The minimum Gasteiger partial charge on any atom is -0.493 e. The summed E-state index contributed by atoms with van der Waals surface area (Å²) >= 11 is 4.78. The van der Waals surface area contributed by atoms with Crippen molar-refractivity contribution in [3.05, 3.63) is 45.9 Å². The van der Waals surface area contributed by atoms with Gasteiger partial charge in [-0.3, -0.25) is 10.1 Å². The molecule has 0 fully saturated rings. The maximum absolute atomic E-state index is 11.8. The van der Waals surface area contributed by atoms with Crippen molar-refractivity contribution in [2.75, 3.05) is 11.9 Å². The Labute approximate surface area is 129 Å². The number of aromatic nitrogens is 1. The van der Waals surface area contributed by atoms with Crippen LogP contribution in [-0.2, 0) is 4.79 Å². The highest BCUT2D eigenvalue weighted by molar-refractivity contribution is 9.10. The van der Waals surface area contributed by atoms with Crippen molar-refractivity contribution in [3.8, 4) is 5.75 Å². The van der Waals surface area contributed by atoms with Crippen LogP contribution in [-0.4, -0.2) is 17.5 Å². The Balaban J connectivity index is 2.10. The summed E-state index contributed by atoms with van der Waals surface area (Å²) in [7, 11) is 0. The number of hydrogen-bond donors (Lipinski definition) is 1. The third kappa shape index (κ3) is 4.18. The minimum atomic E-state index is -0.220. The van der Waals surface area contributed by atoms with Crippen molar-refractivity contribution in [2.45, 2.75) is 6.92 Å². The van der Waals surface area contributed by atoms with Crippen LogP contribution in [0.3, 0.4) is 0 Å². The van der Waals surface area contributed by atoms with Gasteiger partial charge in [0.05, 0.1) is 6.61 Å². The molecule has 1 aromatic heterocycles. The largest absolute Gasteiger partial charge is 0.493 e. The van der Waals surface area contributed by atoms with E-state index in [0.29, 0.717) is 11.7 Å². The summed E-state index contributed by atoms with van der Waals surface area (Å²) in [6, 6.07) is 5.67. The quantitative estimate of drug-likeness (QED) is 0.828. The second-order valence-electron chi connectivity index (χ2n) is 3.78. The highest BCUT2D eigenvalue weighted by Gasteiger charge is 2.03. The third-order valence-corrected chi connectivity index (χ3v) is 3.53. The van der Waals surface area contributed by atoms with E-state index in [4.69, 9.17) is 4.74 Å². The highest BCUT2D eigenvalue weighted by Crippen LogP contribution is 2.24. The monoisotopic (exact) mass is 352 g/mol. The predicted octanol–water partition coefficient (Wildman–Crippen LogP) is 3.96. The van der Waals surface area contributed by atoms with Crippen molar-refractivity contribution in [1.82, 2.24) is 4.98 Å². The van der Waals surface area contributed by atoms with Crippen molar-refractivity contribution in [1.29, 1.82) is 0 Å². The smallest absolute Gasteiger partial charge is 0.250 e. The Hall–Kier alpha value is -1.66. The molecule has 2 rings (SSSR count). The van der Waals surface area contributed by atoms with E-state index in [0.717, 1.165) is 15.8 Å². The number of halogens is 1. The first-order chi connectivity index (χ1) is 9.69. The fourth-order valence-corrected chi connectivity index (χ4v) is 2.44. The third-order valence-electron chi connectivity index (χ3n) is 2.35. The second-order valence-corrected chi connectivity index (χ2v) is 5.59. The van der Waals surface area contributed by atoms with E-state index in [-0.39, 0.29) is 5.91 Å². The van der Waals surface area contributed by atoms with Crippen LogP contribution in [0.5, 0.6) is 5.75 Å². The average molecular weight is 353 g/mol. The zero-order chi connectivity index (χ0) is 14.4. The molecule has 20 heavy (non-hydrogen) atoms. The van der Waals surface area contributed by atoms with Crippen molar-refractivity contribution in [2.24, 2.45) is 0 Å². The molecule has 1 amide bonds. The van der Waals surface area contributed by atoms with E-state index < -0.39 is 0 Å². The Morgan fingerprint density at radius 3 is 3.10 bits per heavy atom. The van der Waals surface area contributed by atoms with Crippen LogP contribution >= 0.6 is 27.3 Å². The minimum absolute atomic E-state index is 0.220. The summed E-state index contributed by atoms with van der Waals surface area (Å²) in [5, 5.41) is 5.08. The molecular formula is C14H13BrN2O2S. The number of thiazole rings is 1. The second kappa shape index (κ2) is 7.21. The molecule has 0 atom stereocenters. The van der Waals surface area contributed by atoms with Gasteiger partial charge in [0, 0.05) is 27.7 Å². The van der Waals surface area contributed by atoms with Crippen LogP contribution in [0.15, 0.2) is 40.3 Å². The van der Waals surface area contributed by atoms with Gasteiger partial charge in [0.2, 0.25) is 5.91 Å². The Bertz CT molecular complexity index is 612. The van der Waals surface area contributed by atoms with E-state index in [1.54, 1.807) is 17.7 Å². The van der Waals surface area contributed by atoms with E-state index in [1.807, 2.05) is 25.1 Å². The normalized spacial score (nSPS) is 10.7. The standard InChI is InChI=1S/C14H13BrN2O2S/c1-2-19-12-5-4-11(15)9-10(12)3-6-13(18)17-14-16-7-8-20-14/h3-9H,2H2,1H3,(H,16,17,18). The zero-order valence-corrected chi connectivity index (χ0v) is 13.2. The van der Waals surface area contributed by atoms with Gasteiger partial charge in [0.1, 0.15) is 5.75 Å². The van der Waals surface area contributed by atoms with Gasteiger partial charge in [-0.1, -0.05) is 15.9 Å². The molecule has 0 aliphatic carbocycles. The summed E-state index contributed by atoms with van der Waals surface area (Å²) in [6.45, 7) is 2.50. The van der Waals surface area contributed by atoms with Crippen LogP contribution in [0.25, 0.3) is 6.08 Å². The fraction of sp³-hybridized carbons (Fsp3) is 0.143. The lowest BCUT2D eigenvalue weighted by Crippen LogP contribution is -2.07. The Morgan fingerprint density at radius 2 is 2.40 bits per heavy atom. The summed E-state index contributed by atoms with van der Waals surface area (Å²) < 4.78 is 6.45. The van der Waals surface area contributed by atoms with Gasteiger partial charge in [0.25, 0.3) is 0 Å². The summed E-state index contributed by atoms with van der Waals surface area (Å²) in [6.07, 6.45) is 4.83. The molecule has 1 aromatic carbocycles. The molecule has 6 heteroatoms. The lowest BCUT2D eigenvalue weighted by Gasteiger charge is -2.07. The number of carbonyl (C=O) groups is 1. The number of amides is 1. The lowest BCUT2D eigenvalue weighted by atomic mass is 10.2. The molecule has 0 bridgehead atoms. The first kappa shape index (κ1) is 14.7. The maximum atomic E-state index is 11.8. The first-order valence-electron chi connectivity index (χ1n) is 6.00. The first-order valence-corrected chi connectivity index (χ1v) is 7.67. The molecule has 0 saturated carbocycles. The van der Waals surface area contributed by atoms with Gasteiger partial charge in [-0.15, -0.1) is 11.3 Å². The lowest BCUT2D eigenvalue weighted by molar-refractivity contribution is -0.111. The van der Waals surface area contributed by atoms with Crippen molar-refractivity contribution < 1.29 is 9.53 Å². The van der Waals surface area contributed by atoms with Gasteiger partial charge in [-0.05, 0) is 31.2 Å². The molecule has 0 radical (unpaired) electrons. The fourth-order valence-electron chi connectivity index (χ4n) is 1.53. The van der Waals surface area contributed by atoms with Crippen LogP contribution < -0.4 is 10.1 Å². The molecule has 2 aromatic rings. The molecule has 0 saturated heterocycles. The van der Waals surface area contributed by atoms with Gasteiger partial charge in [0.15, 0.2) is 5.13 Å². The molecule has 0 aliphatic rings. The molecular weight excluding hydrogens is 340 g/mol. The van der Waals surface area contributed by atoms with Gasteiger partial charge in [-0.25, -0.2) is 4.98 Å². The van der Waals surface area contributed by atoms with Crippen LogP contribution in [0.1, 0.15) is 12.5 Å². The van der Waals surface area contributed by atoms with Crippen LogP contribution in [0.4, 0.5) is 5.13 Å². The number of benzene rings is 1. The average Bonchev–Trinajstić information content (AvgIpc) is 2.92. The number of nitrogens with zero attached hydrogens (tertiary/aromatic N) is 1. The van der Waals surface area contributed by atoms with Gasteiger partial charge in [-0.2, -0.15) is 0 Å². The van der Waals surface area contributed by atoms with E-state index in [9.17, 15) is 4.79 Å². The summed E-state index contributed by atoms with van der Waals surface area (Å²) in [5.74, 6) is 0.524. The maximum Gasteiger partial charge on any atom is 0.250 e.